The lowest BCUT2D eigenvalue weighted by atomic mass is 10.1. The van der Waals surface area contributed by atoms with Crippen LogP contribution in [-0.4, -0.2) is 4.92 Å². The van der Waals surface area contributed by atoms with Gasteiger partial charge in [-0.05, 0) is 30.2 Å². The van der Waals surface area contributed by atoms with Gasteiger partial charge in [-0.2, -0.15) is 0 Å². The number of aryl methyl sites for hydroxylation is 1. The number of nitro groups is 1. The van der Waals surface area contributed by atoms with Crippen molar-refractivity contribution in [3.8, 4) is 0 Å². The van der Waals surface area contributed by atoms with Crippen molar-refractivity contribution in [1.82, 2.24) is 0 Å². The minimum Gasteiger partial charge on any atom is -0.404 e. The molecule has 0 radical (unpaired) electrons. The summed E-state index contributed by atoms with van der Waals surface area (Å²) < 4.78 is 5.05. The van der Waals surface area contributed by atoms with Crippen LogP contribution in [0, 0.1) is 10.1 Å². The summed E-state index contributed by atoms with van der Waals surface area (Å²) in [7, 11) is 0. The molecule has 1 N–H and O–H groups in total. The molecule has 2 aromatic rings. The predicted octanol–water partition coefficient (Wildman–Crippen LogP) is 3.36. The summed E-state index contributed by atoms with van der Waals surface area (Å²) in [4.78, 5) is 9.91. The van der Waals surface area contributed by atoms with Gasteiger partial charge in [0, 0.05) is 5.69 Å². The number of hydrogen-bond acceptors (Lipinski definition) is 4. The quantitative estimate of drug-likeness (QED) is 0.648. The molecule has 0 aliphatic heterocycles. The highest BCUT2D eigenvalue weighted by molar-refractivity contribution is 5.44. The van der Waals surface area contributed by atoms with Crippen LogP contribution in [0.1, 0.15) is 18.2 Å². The fraction of sp³-hybridized carbons (Fsp3) is 0.231. The molecule has 0 fully saturated rings. The number of anilines is 1. The molecule has 0 unspecified atom stereocenters. The number of nitrogens with zero attached hydrogens (tertiary/aromatic N) is 1. The first-order valence-electron chi connectivity index (χ1n) is 5.75. The molecule has 5 heteroatoms. The Morgan fingerprint density at radius 1 is 1.22 bits per heavy atom. The van der Waals surface area contributed by atoms with Crippen molar-refractivity contribution in [2.24, 2.45) is 0 Å². The predicted molar refractivity (Wildman–Crippen MR) is 68.5 cm³/mol. The van der Waals surface area contributed by atoms with E-state index >= 15 is 0 Å². The SMILES string of the molecule is CCc1ccc(NCc2ccc([N+](=O)[O-])o2)cc1. The number of hydrogen-bond donors (Lipinski definition) is 1. The number of rotatable bonds is 5. The lowest BCUT2D eigenvalue weighted by Gasteiger charge is -2.04. The molecule has 0 saturated heterocycles. The summed E-state index contributed by atoms with van der Waals surface area (Å²) in [6, 6.07) is 11.0. The van der Waals surface area contributed by atoms with E-state index in [0.29, 0.717) is 12.3 Å². The number of benzene rings is 1. The Balaban J connectivity index is 1.95. The van der Waals surface area contributed by atoms with Crippen molar-refractivity contribution in [3.63, 3.8) is 0 Å². The maximum absolute atomic E-state index is 10.5. The molecule has 5 nitrogen and oxygen atoms in total. The van der Waals surface area contributed by atoms with E-state index < -0.39 is 4.92 Å². The van der Waals surface area contributed by atoms with Crippen LogP contribution in [-0.2, 0) is 13.0 Å². The van der Waals surface area contributed by atoms with E-state index in [9.17, 15) is 10.1 Å². The molecule has 1 heterocycles. The van der Waals surface area contributed by atoms with Crippen LogP contribution in [0.4, 0.5) is 11.6 Å². The normalized spacial score (nSPS) is 10.3. The highest BCUT2D eigenvalue weighted by atomic mass is 16.6. The Bertz CT molecular complexity index is 531. The molecule has 0 aliphatic rings. The molecule has 18 heavy (non-hydrogen) atoms. The highest BCUT2D eigenvalue weighted by Gasteiger charge is 2.11. The molecule has 0 amide bonds. The summed E-state index contributed by atoms with van der Waals surface area (Å²) in [6.07, 6.45) is 1.00. The van der Waals surface area contributed by atoms with Gasteiger partial charge < -0.3 is 9.73 Å². The van der Waals surface area contributed by atoms with Crippen LogP contribution in [0.15, 0.2) is 40.8 Å². The lowest BCUT2D eigenvalue weighted by molar-refractivity contribution is -0.402. The maximum atomic E-state index is 10.5. The first-order valence-corrected chi connectivity index (χ1v) is 5.75. The fourth-order valence-electron chi connectivity index (χ4n) is 1.61. The van der Waals surface area contributed by atoms with Gasteiger partial charge in [-0.3, -0.25) is 10.1 Å². The van der Waals surface area contributed by atoms with Gasteiger partial charge in [-0.15, -0.1) is 0 Å². The number of nitrogens with one attached hydrogen (secondary N) is 1. The van der Waals surface area contributed by atoms with Gasteiger partial charge in [0.05, 0.1) is 12.6 Å². The average Bonchev–Trinajstić information content (AvgIpc) is 2.86. The van der Waals surface area contributed by atoms with Crippen molar-refractivity contribution in [2.75, 3.05) is 5.32 Å². The van der Waals surface area contributed by atoms with E-state index in [2.05, 4.69) is 12.2 Å². The molecule has 1 aromatic heterocycles. The Morgan fingerprint density at radius 2 is 1.94 bits per heavy atom. The molecule has 1 aromatic carbocycles. The molecule has 2 rings (SSSR count). The van der Waals surface area contributed by atoms with Crippen LogP contribution < -0.4 is 5.32 Å². The second kappa shape index (κ2) is 5.35. The van der Waals surface area contributed by atoms with Gasteiger partial charge in [0.25, 0.3) is 0 Å². The molecule has 0 bridgehead atoms. The molecular weight excluding hydrogens is 232 g/mol. The third-order valence-corrected chi connectivity index (χ3v) is 2.66. The van der Waals surface area contributed by atoms with Crippen LogP contribution in [0.5, 0.6) is 0 Å². The Labute approximate surface area is 105 Å². The van der Waals surface area contributed by atoms with E-state index in [1.165, 1.54) is 11.6 Å². The molecule has 0 aliphatic carbocycles. The minimum absolute atomic E-state index is 0.229. The van der Waals surface area contributed by atoms with Crippen molar-refractivity contribution in [2.45, 2.75) is 19.9 Å². The lowest BCUT2D eigenvalue weighted by Crippen LogP contribution is -1.98. The Hall–Kier alpha value is -2.30. The van der Waals surface area contributed by atoms with E-state index in [0.717, 1.165) is 12.1 Å². The molecule has 94 valence electrons. The van der Waals surface area contributed by atoms with Crippen molar-refractivity contribution in [1.29, 1.82) is 0 Å². The fourth-order valence-corrected chi connectivity index (χ4v) is 1.61. The standard InChI is InChI=1S/C13H14N2O3/c1-2-10-3-5-11(6-4-10)14-9-12-7-8-13(18-12)15(16)17/h3-8,14H,2,9H2,1H3. The zero-order valence-electron chi connectivity index (χ0n) is 10.1. The summed E-state index contributed by atoms with van der Waals surface area (Å²) in [5, 5.41) is 13.6. The van der Waals surface area contributed by atoms with Gasteiger partial charge >= 0.3 is 5.88 Å². The van der Waals surface area contributed by atoms with Gasteiger partial charge in [-0.25, -0.2) is 0 Å². The maximum Gasteiger partial charge on any atom is 0.433 e. The van der Waals surface area contributed by atoms with Gasteiger partial charge in [0.1, 0.15) is 10.7 Å². The summed E-state index contributed by atoms with van der Waals surface area (Å²) in [5.41, 5.74) is 2.24. The van der Waals surface area contributed by atoms with Crippen molar-refractivity contribution >= 4 is 11.6 Å². The van der Waals surface area contributed by atoms with Crippen molar-refractivity contribution < 1.29 is 9.34 Å². The smallest absolute Gasteiger partial charge is 0.404 e. The third kappa shape index (κ3) is 2.88. The van der Waals surface area contributed by atoms with Gasteiger partial charge in [0.2, 0.25) is 0 Å². The Morgan fingerprint density at radius 3 is 2.50 bits per heavy atom. The third-order valence-electron chi connectivity index (χ3n) is 2.66. The van der Waals surface area contributed by atoms with Gasteiger partial charge in [-0.1, -0.05) is 19.1 Å². The largest absolute Gasteiger partial charge is 0.433 e. The molecule has 0 spiro atoms. The minimum atomic E-state index is -0.542. The van der Waals surface area contributed by atoms with Crippen LogP contribution in [0.3, 0.4) is 0 Å². The monoisotopic (exact) mass is 246 g/mol. The van der Waals surface area contributed by atoms with Crippen LogP contribution in [0.2, 0.25) is 0 Å². The van der Waals surface area contributed by atoms with Crippen LogP contribution in [0.25, 0.3) is 0 Å². The van der Waals surface area contributed by atoms with E-state index in [-0.39, 0.29) is 5.88 Å². The van der Waals surface area contributed by atoms with Crippen LogP contribution >= 0.6 is 0 Å². The Kier molecular flexibility index (Phi) is 3.62. The van der Waals surface area contributed by atoms with Crippen molar-refractivity contribution in [3.05, 3.63) is 57.8 Å². The first-order chi connectivity index (χ1) is 8.69. The summed E-state index contributed by atoms with van der Waals surface area (Å²) >= 11 is 0. The molecular formula is C13H14N2O3. The summed E-state index contributed by atoms with van der Waals surface area (Å²) in [5.74, 6) is 0.314. The topological polar surface area (TPSA) is 68.3 Å². The first kappa shape index (κ1) is 12.2. The second-order valence-corrected chi connectivity index (χ2v) is 3.90. The highest BCUT2D eigenvalue weighted by Crippen LogP contribution is 2.17. The van der Waals surface area contributed by atoms with E-state index in [1.54, 1.807) is 6.07 Å². The summed E-state index contributed by atoms with van der Waals surface area (Å²) in [6.45, 7) is 2.53. The zero-order chi connectivity index (χ0) is 13.0. The van der Waals surface area contributed by atoms with Gasteiger partial charge in [0.15, 0.2) is 0 Å². The number of furan rings is 1. The van der Waals surface area contributed by atoms with E-state index in [4.69, 9.17) is 4.42 Å². The zero-order valence-corrected chi connectivity index (χ0v) is 10.1. The molecule has 0 saturated carbocycles. The second-order valence-electron chi connectivity index (χ2n) is 3.90. The average molecular weight is 246 g/mol. The van der Waals surface area contributed by atoms with E-state index in [1.807, 2.05) is 24.3 Å². The molecule has 0 atom stereocenters.